The average Bonchev–Trinajstić information content (AvgIpc) is 2.40. The summed E-state index contributed by atoms with van der Waals surface area (Å²) in [4.78, 5) is 13.2. The molecule has 1 rings (SSSR count). The largest absolute Gasteiger partial charge is 0.503 e. The number of rotatable bonds is 4. The molecule has 108 valence electrons. The second-order valence-electron chi connectivity index (χ2n) is 4.38. The maximum atomic E-state index is 13.7. The molecule has 0 radical (unpaired) electrons. The van der Waals surface area contributed by atoms with Crippen LogP contribution in [0.5, 0.6) is 5.75 Å². The van der Waals surface area contributed by atoms with E-state index in [0.29, 0.717) is 6.07 Å². The minimum absolute atomic E-state index is 0.0151. The molecule has 0 aliphatic carbocycles. The van der Waals surface area contributed by atoms with Crippen LogP contribution < -0.4 is 0 Å². The van der Waals surface area contributed by atoms with Gasteiger partial charge < -0.3 is 10.0 Å². The van der Waals surface area contributed by atoms with E-state index in [1.807, 2.05) is 6.07 Å². The minimum Gasteiger partial charge on any atom is -0.503 e. The average molecular weight is 286 g/mol. The number of aromatic hydroxyl groups is 1. The summed E-state index contributed by atoms with van der Waals surface area (Å²) in [5, 5.41) is 17.6. The van der Waals surface area contributed by atoms with Crippen LogP contribution in [0, 0.1) is 28.8 Å². The van der Waals surface area contributed by atoms with E-state index in [2.05, 4.69) is 0 Å². The van der Waals surface area contributed by atoms with E-state index in [0.717, 1.165) is 4.90 Å². The zero-order chi connectivity index (χ0) is 15.4. The molecule has 0 saturated carbocycles. The quantitative estimate of drug-likeness (QED) is 0.865. The lowest BCUT2D eigenvalue weighted by Crippen LogP contribution is -2.38. The van der Waals surface area contributed by atoms with Crippen LogP contribution in [0.3, 0.4) is 0 Å². The van der Waals surface area contributed by atoms with Gasteiger partial charge in [0.1, 0.15) is 0 Å². The Labute approximate surface area is 114 Å². The molecule has 0 aliphatic rings. The predicted molar refractivity (Wildman–Crippen MR) is 64.4 cm³/mol. The molecular formula is C13H13F3N2O2. The lowest BCUT2D eigenvalue weighted by Gasteiger charge is -2.26. The van der Waals surface area contributed by atoms with Crippen LogP contribution in [0.25, 0.3) is 0 Å². The molecule has 0 saturated heterocycles. The third kappa shape index (κ3) is 3.02. The van der Waals surface area contributed by atoms with Crippen molar-refractivity contribution in [1.29, 1.82) is 5.26 Å². The Bertz CT molecular complexity index is 568. The number of nitrogens with zero attached hydrogens (tertiary/aromatic N) is 2. The fourth-order valence-corrected chi connectivity index (χ4v) is 1.67. The number of nitriles is 1. The highest BCUT2D eigenvalue weighted by Gasteiger charge is 2.26. The molecule has 0 heterocycles. The molecule has 1 amide bonds. The smallest absolute Gasteiger partial charge is 0.257 e. The summed E-state index contributed by atoms with van der Waals surface area (Å²) in [6.07, 6.45) is 0.0151. The number of phenolic OH excluding ortho intramolecular Hbond substituents is 1. The molecule has 1 aromatic rings. The maximum absolute atomic E-state index is 13.7. The molecule has 0 unspecified atom stereocenters. The molecule has 1 aromatic carbocycles. The Morgan fingerprint density at radius 1 is 1.40 bits per heavy atom. The van der Waals surface area contributed by atoms with Crippen molar-refractivity contribution >= 4 is 5.91 Å². The molecular weight excluding hydrogens is 273 g/mol. The summed E-state index contributed by atoms with van der Waals surface area (Å²) in [6, 6.07) is 1.86. The number of hydrogen-bond donors (Lipinski definition) is 1. The SMILES string of the molecule is CC(C)N(CCC#N)C(=O)c1cc(F)c(F)c(O)c1F. The summed E-state index contributed by atoms with van der Waals surface area (Å²) in [5.41, 5.74) is -0.770. The number of amides is 1. The lowest BCUT2D eigenvalue weighted by atomic mass is 10.1. The molecule has 0 aliphatic heterocycles. The van der Waals surface area contributed by atoms with Gasteiger partial charge in [-0.25, -0.2) is 8.78 Å². The van der Waals surface area contributed by atoms with Crippen LogP contribution >= 0.6 is 0 Å². The summed E-state index contributed by atoms with van der Waals surface area (Å²) in [7, 11) is 0. The molecule has 0 bridgehead atoms. The first-order valence-electron chi connectivity index (χ1n) is 5.85. The number of phenols is 1. The minimum atomic E-state index is -1.74. The van der Waals surface area contributed by atoms with Gasteiger partial charge >= 0.3 is 0 Å². The van der Waals surface area contributed by atoms with Gasteiger partial charge in [0.25, 0.3) is 5.91 Å². The Morgan fingerprint density at radius 2 is 2.00 bits per heavy atom. The van der Waals surface area contributed by atoms with Crippen molar-refractivity contribution in [3.63, 3.8) is 0 Å². The molecule has 0 fully saturated rings. The first kappa shape index (κ1) is 15.8. The maximum Gasteiger partial charge on any atom is 0.257 e. The highest BCUT2D eigenvalue weighted by molar-refractivity contribution is 5.95. The molecule has 4 nitrogen and oxygen atoms in total. The fraction of sp³-hybridized carbons (Fsp3) is 0.385. The zero-order valence-corrected chi connectivity index (χ0v) is 11.0. The second-order valence-corrected chi connectivity index (χ2v) is 4.38. The van der Waals surface area contributed by atoms with E-state index >= 15 is 0 Å². The highest BCUT2D eigenvalue weighted by Crippen LogP contribution is 2.27. The number of hydrogen-bond acceptors (Lipinski definition) is 3. The molecule has 0 aromatic heterocycles. The van der Waals surface area contributed by atoms with Gasteiger partial charge in [-0.3, -0.25) is 4.79 Å². The Kier molecular flexibility index (Phi) is 4.97. The van der Waals surface area contributed by atoms with Gasteiger partial charge in [0.15, 0.2) is 17.4 Å². The van der Waals surface area contributed by atoms with E-state index in [1.54, 1.807) is 13.8 Å². The van der Waals surface area contributed by atoms with Crippen LogP contribution in [0.2, 0.25) is 0 Å². The highest BCUT2D eigenvalue weighted by atomic mass is 19.2. The van der Waals surface area contributed by atoms with Crippen molar-refractivity contribution in [1.82, 2.24) is 4.90 Å². The number of carbonyl (C=O) groups excluding carboxylic acids is 1. The van der Waals surface area contributed by atoms with Gasteiger partial charge in [-0.1, -0.05) is 0 Å². The Balaban J connectivity index is 3.23. The van der Waals surface area contributed by atoms with Crippen LogP contribution in [0.4, 0.5) is 13.2 Å². The Hall–Kier alpha value is -2.23. The van der Waals surface area contributed by atoms with E-state index in [9.17, 15) is 18.0 Å². The first-order chi connectivity index (χ1) is 9.31. The third-order valence-corrected chi connectivity index (χ3v) is 2.71. The lowest BCUT2D eigenvalue weighted by molar-refractivity contribution is 0.0703. The van der Waals surface area contributed by atoms with Gasteiger partial charge in [0.2, 0.25) is 5.82 Å². The molecule has 1 N–H and O–H groups in total. The van der Waals surface area contributed by atoms with Crippen LogP contribution in [0.15, 0.2) is 6.07 Å². The second kappa shape index (κ2) is 6.28. The zero-order valence-electron chi connectivity index (χ0n) is 11.0. The summed E-state index contributed by atoms with van der Waals surface area (Å²) in [5.74, 6) is -7.22. The van der Waals surface area contributed by atoms with Gasteiger partial charge in [0.05, 0.1) is 18.1 Å². The Morgan fingerprint density at radius 3 is 2.50 bits per heavy atom. The van der Waals surface area contributed by atoms with Crippen molar-refractivity contribution in [2.75, 3.05) is 6.54 Å². The first-order valence-corrected chi connectivity index (χ1v) is 5.85. The fourth-order valence-electron chi connectivity index (χ4n) is 1.67. The topological polar surface area (TPSA) is 64.3 Å². The van der Waals surface area contributed by atoms with E-state index in [-0.39, 0.29) is 19.0 Å². The summed E-state index contributed by atoms with van der Waals surface area (Å²) < 4.78 is 39.8. The van der Waals surface area contributed by atoms with Crippen molar-refractivity contribution < 1.29 is 23.1 Å². The number of benzene rings is 1. The van der Waals surface area contributed by atoms with E-state index in [4.69, 9.17) is 10.4 Å². The standard InChI is InChI=1S/C13H13F3N2O2/c1-7(2)18(5-3-4-17)13(20)8-6-9(14)11(16)12(19)10(8)15/h6-7,19H,3,5H2,1-2H3. The predicted octanol–water partition coefficient (Wildman–Crippen LogP) is 2.57. The number of carbonyl (C=O) groups is 1. The van der Waals surface area contributed by atoms with Crippen LogP contribution in [-0.2, 0) is 0 Å². The molecule has 7 heteroatoms. The summed E-state index contributed by atoms with van der Waals surface area (Å²) in [6.45, 7) is 3.28. The molecule has 20 heavy (non-hydrogen) atoms. The van der Waals surface area contributed by atoms with Gasteiger partial charge in [-0.2, -0.15) is 9.65 Å². The molecule has 0 spiro atoms. The van der Waals surface area contributed by atoms with E-state index in [1.165, 1.54) is 0 Å². The van der Waals surface area contributed by atoms with Crippen molar-refractivity contribution in [3.8, 4) is 11.8 Å². The van der Waals surface area contributed by atoms with Crippen LogP contribution in [0.1, 0.15) is 30.6 Å². The normalized spacial score (nSPS) is 10.4. The number of halogens is 3. The van der Waals surface area contributed by atoms with Crippen LogP contribution in [-0.4, -0.2) is 28.5 Å². The van der Waals surface area contributed by atoms with Crippen molar-refractivity contribution in [2.24, 2.45) is 0 Å². The van der Waals surface area contributed by atoms with Gasteiger partial charge in [-0.15, -0.1) is 0 Å². The van der Waals surface area contributed by atoms with E-state index < -0.39 is 34.7 Å². The van der Waals surface area contributed by atoms with Gasteiger partial charge in [-0.05, 0) is 19.9 Å². The van der Waals surface area contributed by atoms with Crippen molar-refractivity contribution in [3.05, 3.63) is 29.1 Å². The summed E-state index contributed by atoms with van der Waals surface area (Å²) >= 11 is 0. The monoisotopic (exact) mass is 286 g/mol. The van der Waals surface area contributed by atoms with Crippen molar-refractivity contribution in [2.45, 2.75) is 26.3 Å². The van der Waals surface area contributed by atoms with Gasteiger partial charge in [0, 0.05) is 12.6 Å². The third-order valence-electron chi connectivity index (χ3n) is 2.71. The molecule has 0 atom stereocenters.